The minimum atomic E-state index is -0.408. The average Bonchev–Trinajstić information content (AvgIpc) is 2.59. The third-order valence-electron chi connectivity index (χ3n) is 3.76. The van der Waals surface area contributed by atoms with Crippen LogP contribution < -0.4 is 5.32 Å². The van der Waals surface area contributed by atoms with Crippen LogP contribution in [0.15, 0.2) is 54.6 Å². The fraction of sp³-hybridized carbons (Fsp3) is 0.350. The highest BCUT2D eigenvalue weighted by molar-refractivity contribution is 5.67. The van der Waals surface area contributed by atoms with Gasteiger partial charge in [-0.2, -0.15) is 0 Å². The summed E-state index contributed by atoms with van der Waals surface area (Å²) < 4.78 is 18.1. The number of ether oxygens (including phenoxy) is 1. The van der Waals surface area contributed by atoms with E-state index in [-0.39, 0.29) is 5.82 Å². The number of alkyl carbamates (subject to hydrolysis) is 1. The van der Waals surface area contributed by atoms with Gasteiger partial charge in [0.05, 0.1) is 6.61 Å². The first-order chi connectivity index (χ1) is 11.7. The number of benzene rings is 2. The minimum Gasteiger partial charge on any atom is -0.450 e. The van der Waals surface area contributed by atoms with Crippen LogP contribution in [0, 0.1) is 5.82 Å². The number of carbonyl (C=O) groups is 1. The molecule has 4 heteroatoms. The van der Waals surface area contributed by atoms with E-state index in [1.807, 2.05) is 24.3 Å². The number of carbonyl (C=O) groups excluding carboxylic acids is 1. The average molecular weight is 329 g/mol. The Morgan fingerprint density at radius 2 is 1.71 bits per heavy atom. The maximum atomic E-state index is 13.0. The molecule has 1 N–H and O–H groups in total. The quantitative estimate of drug-likeness (QED) is 0.688. The van der Waals surface area contributed by atoms with Crippen molar-refractivity contribution >= 4 is 6.09 Å². The van der Waals surface area contributed by atoms with Crippen molar-refractivity contribution in [2.24, 2.45) is 0 Å². The van der Waals surface area contributed by atoms with Crippen LogP contribution in [0.1, 0.15) is 30.4 Å². The molecule has 24 heavy (non-hydrogen) atoms. The van der Waals surface area contributed by atoms with Gasteiger partial charge < -0.3 is 10.1 Å². The molecule has 0 bridgehead atoms. The van der Waals surface area contributed by atoms with Gasteiger partial charge in [-0.1, -0.05) is 42.5 Å². The number of halogens is 1. The van der Waals surface area contributed by atoms with Crippen molar-refractivity contribution in [2.75, 3.05) is 13.2 Å². The van der Waals surface area contributed by atoms with E-state index in [1.54, 1.807) is 6.07 Å². The first kappa shape index (κ1) is 18.0. The minimum absolute atomic E-state index is 0.259. The van der Waals surface area contributed by atoms with E-state index < -0.39 is 6.09 Å². The fourth-order valence-corrected chi connectivity index (χ4v) is 2.47. The highest BCUT2D eigenvalue weighted by atomic mass is 19.1. The maximum absolute atomic E-state index is 13.0. The number of unbranched alkanes of at least 4 members (excludes halogenated alkanes) is 2. The van der Waals surface area contributed by atoms with Gasteiger partial charge in [-0.25, -0.2) is 9.18 Å². The van der Waals surface area contributed by atoms with Crippen molar-refractivity contribution in [3.63, 3.8) is 0 Å². The molecular formula is C20H24FNO2. The second kappa shape index (κ2) is 10.4. The molecule has 0 spiro atoms. The number of hydrogen-bond acceptors (Lipinski definition) is 2. The number of aryl methyl sites for hydroxylation is 1. The molecular weight excluding hydrogens is 305 g/mol. The van der Waals surface area contributed by atoms with Crippen molar-refractivity contribution in [3.05, 3.63) is 71.5 Å². The van der Waals surface area contributed by atoms with Gasteiger partial charge in [-0.3, -0.25) is 0 Å². The molecule has 3 nitrogen and oxygen atoms in total. The molecule has 0 radical (unpaired) electrons. The Labute approximate surface area is 142 Å². The Hall–Kier alpha value is -2.36. The van der Waals surface area contributed by atoms with Gasteiger partial charge in [0.25, 0.3) is 0 Å². The van der Waals surface area contributed by atoms with E-state index in [4.69, 9.17) is 4.74 Å². The standard InChI is InChI=1S/C20H24FNO2/c21-19-12-7-11-18(16-19)13-14-22-20(23)24-15-6-2-5-10-17-8-3-1-4-9-17/h1,3-4,7-9,11-12,16H,2,5-6,10,13-15H2,(H,22,23). The third kappa shape index (κ3) is 7.27. The summed E-state index contributed by atoms with van der Waals surface area (Å²) >= 11 is 0. The monoisotopic (exact) mass is 329 g/mol. The van der Waals surface area contributed by atoms with Crippen LogP contribution in [0.4, 0.5) is 9.18 Å². The molecule has 128 valence electrons. The highest BCUT2D eigenvalue weighted by Crippen LogP contribution is 2.06. The number of amides is 1. The van der Waals surface area contributed by atoms with Crippen molar-refractivity contribution in [3.8, 4) is 0 Å². The van der Waals surface area contributed by atoms with E-state index in [2.05, 4.69) is 17.4 Å². The van der Waals surface area contributed by atoms with Gasteiger partial charge in [-0.05, 0) is 55.4 Å². The normalized spacial score (nSPS) is 10.4. The zero-order valence-electron chi connectivity index (χ0n) is 13.8. The van der Waals surface area contributed by atoms with Crippen LogP contribution in [0.25, 0.3) is 0 Å². The maximum Gasteiger partial charge on any atom is 0.407 e. The summed E-state index contributed by atoms with van der Waals surface area (Å²) in [6.45, 7) is 0.872. The lowest BCUT2D eigenvalue weighted by Gasteiger charge is -2.07. The zero-order valence-corrected chi connectivity index (χ0v) is 13.8. The van der Waals surface area contributed by atoms with E-state index in [0.717, 1.165) is 31.2 Å². The predicted octanol–water partition coefficient (Wildman–Crippen LogP) is 4.51. The first-order valence-corrected chi connectivity index (χ1v) is 8.43. The topological polar surface area (TPSA) is 38.3 Å². The molecule has 2 aromatic rings. The summed E-state index contributed by atoms with van der Waals surface area (Å²) in [5, 5.41) is 2.68. The lowest BCUT2D eigenvalue weighted by atomic mass is 10.1. The van der Waals surface area contributed by atoms with E-state index in [0.29, 0.717) is 19.6 Å². The lowest BCUT2D eigenvalue weighted by molar-refractivity contribution is 0.144. The third-order valence-corrected chi connectivity index (χ3v) is 3.76. The molecule has 0 aromatic heterocycles. The van der Waals surface area contributed by atoms with E-state index in [9.17, 15) is 9.18 Å². The molecule has 0 aliphatic rings. The zero-order chi connectivity index (χ0) is 17.0. The van der Waals surface area contributed by atoms with Crippen molar-refractivity contribution in [2.45, 2.75) is 32.1 Å². The summed E-state index contributed by atoms with van der Waals surface area (Å²) in [6.07, 6.45) is 4.23. The Bertz CT molecular complexity index is 616. The molecule has 0 atom stereocenters. The summed E-state index contributed by atoms with van der Waals surface area (Å²) in [6, 6.07) is 16.7. The van der Waals surface area contributed by atoms with Gasteiger partial charge >= 0.3 is 6.09 Å². The number of rotatable bonds is 9. The first-order valence-electron chi connectivity index (χ1n) is 8.43. The lowest BCUT2D eigenvalue weighted by Crippen LogP contribution is -2.26. The second-order valence-electron chi connectivity index (χ2n) is 5.74. The van der Waals surface area contributed by atoms with Crippen LogP contribution in [0.3, 0.4) is 0 Å². The van der Waals surface area contributed by atoms with Crippen LogP contribution in [0.2, 0.25) is 0 Å². The fourth-order valence-electron chi connectivity index (χ4n) is 2.47. The molecule has 2 aromatic carbocycles. The second-order valence-corrected chi connectivity index (χ2v) is 5.74. The van der Waals surface area contributed by atoms with Gasteiger partial charge in [0.1, 0.15) is 5.82 Å². The van der Waals surface area contributed by atoms with Crippen LogP contribution >= 0.6 is 0 Å². The van der Waals surface area contributed by atoms with Crippen molar-refractivity contribution in [1.82, 2.24) is 5.32 Å². The Morgan fingerprint density at radius 1 is 0.917 bits per heavy atom. The number of hydrogen-bond donors (Lipinski definition) is 1. The van der Waals surface area contributed by atoms with E-state index in [1.165, 1.54) is 17.7 Å². The molecule has 0 fully saturated rings. The molecule has 0 saturated heterocycles. The molecule has 1 amide bonds. The highest BCUT2D eigenvalue weighted by Gasteiger charge is 2.02. The Morgan fingerprint density at radius 3 is 2.50 bits per heavy atom. The Kier molecular flexibility index (Phi) is 7.81. The van der Waals surface area contributed by atoms with Gasteiger partial charge in [0, 0.05) is 6.54 Å². The molecule has 0 saturated carbocycles. The van der Waals surface area contributed by atoms with Crippen molar-refractivity contribution in [1.29, 1.82) is 0 Å². The smallest absolute Gasteiger partial charge is 0.407 e. The summed E-state index contributed by atoms with van der Waals surface area (Å²) in [5.74, 6) is -0.259. The van der Waals surface area contributed by atoms with Crippen molar-refractivity contribution < 1.29 is 13.9 Å². The van der Waals surface area contributed by atoms with Crippen LogP contribution in [0.5, 0.6) is 0 Å². The summed E-state index contributed by atoms with van der Waals surface area (Å²) in [4.78, 5) is 11.5. The van der Waals surface area contributed by atoms with Gasteiger partial charge in [0.2, 0.25) is 0 Å². The Balaban J connectivity index is 1.48. The molecule has 2 rings (SSSR count). The van der Waals surface area contributed by atoms with Gasteiger partial charge in [0.15, 0.2) is 0 Å². The largest absolute Gasteiger partial charge is 0.450 e. The SMILES string of the molecule is O=C(NCCc1cccc(F)c1)OCCCCCc1ccccc1. The number of nitrogens with one attached hydrogen (secondary N) is 1. The molecule has 0 aliphatic carbocycles. The van der Waals surface area contributed by atoms with Crippen LogP contribution in [-0.4, -0.2) is 19.2 Å². The molecule has 0 unspecified atom stereocenters. The van der Waals surface area contributed by atoms with E-state index >= 15 is 0 Å². The molecule has 0 aliphatic heterocycles. The molecule has 0 heterocycles. The summed E-state index contributed by atoms with van der Waals surface area (Å²) in [7, 11) is 0. The predicted molar refractivity (Wildman–Crippen MR) is 93.5 cm³/mol. The van der Waals surface area contributed by atoms with Gasteiger partial charge in [-0.15, -0.1) is 0 Å². The van der Waals surface area contributed by atoms with Crippen LogP contribution in [-0.2, 0) is 17.6 Å². The summed E-state index contributed by atoms with van der Waals surface area (Å²) in [5.41, 5.74) is 2.20.